The van der Waals surface area contributed by atoms with Gasteiger partial charge in [0.25, 0.3) is 5.91 Å². The van der Waals surface area contributed by atoms with E-state index in [1.165, 1.54) is 22.1 Å². The number of aromatic nitrogens is 1. The Bertz CT molecular complexity index is 1580. The Balaban J connectivity index is 1.38. The number of nitrogens with one attached hydrogen (secondary N) is 1. The highest BCUT2D eigenvalue weighted by Gasteiger charge is 2.45. The van der Waals surface area contributed by atoms with Gasteiger partial charge in [-0.15, -0.1) is 0 Å². The predicted octanol–water partition coefficient (Wildman–Crippen LogP) is 6.05. The first-order valence-corrected chi connectivity index (χ1v) is 14.6. The summed E-state index contributed by atoms with van der Waals surface area (Å²) in [6.45, 7) is 8.19. The summed E-state index contributed by atoms with van der Waals surface area (Å²) >= 11 is 0. The molecule has 0 fully saturated rings. The Kier molecular flexibility index (Phi) is 8.19. The van der Waals surface area contributed by atoms with Crippen molar-refractivity contribution in [2.45, 2.75) is 90.5 Å². The van der Waals surface area contributed by atoms with Crippen LogP contribution in [0.15, 0.2) is 59.8 Å². The van der Waals surface area contributed by atoms with Crippen LogP contribution in [0.4, 0.5) is 0 Å². The first-order valence-electron chi connectivity index (χ1n) is 14.6. The van der Waals surface area contributed by atoms with E-state index in [0.717, 1.165) is 29.3 Å². The number of aliphatic hydroxyl groups excluding tert-OH is 1. The first-order chi connectivity index (χ1) is 20.0. The number of carboxylic acid groups (broad SMARTS) is 1. The number of nitrogens with zero attached hydrogens (tertiary/aromatic N) is 1. The maximum atomic E-state index is 13.6. The van der Waals surface area contributed by atoms with Gasteiger partial charge in [0.1, 0.15) is 23.1 Å². The number of carboxylic acids is 1. The maximum Gasteiger partial charge on any atom is 0.326 e. The number of phenolic OH excluding ortho intramolecular Hbond substituents is 1. The van der Waals surface area contributed by atoms with Crippen LogP contribution >= 0.6 is 0 Å². The van der Waals surface area contributed by atoms with Gasteiger partial charge in [0.2, 0.25) is 0 Å². The number of amides is 1. The summed E-state index contributed by atoms with van der Waals surface area (Å²) in [5.41, 5.74) is 4.60. The lowest BCUT2D eigenvalue weighted by atomic mass is 9.84. The van der Waals surface area contributed by atoms with Gasteiger partial charge in [0, 0.05) is 41.1 Å². The number of hydrogen-bond acceptors (Lipinski definition) is 5. The molecule has 2 aliphatic heterocycles. The number of H-pyrrole nitrogens is 1. The van der Waals surface area contributed by atoms with Crippen LogP contribution in [0.25, 0.3) is 10.9 Å². The largest absolute Gasteiger partial charge is 0.508 e. The average Bonchev–Trinajstić information content (AvgIpc) is 3.49. The Morgan fingerprint density at radius 1 is 1.19 bits per heavy atom. The molecule has 0 saturated carbocycles. The standard InChI is InChI=1S/C34H40N2O6/c1-20(2)9-7-10-21(3)11-8-14-34(4)30(38)17-25-29(37)16-24-26(31(25)42-34)19-36(32(24)39)28(33(40)41)15-22-18-35-27-13-6-5-12-23(22)27/h5-6,9,11-13,16,18,28,30,35,37-38H,7-8,10,14-15,17,19H2,1-4H3,(H,40,41)/b21-11+/t28-,30+,34-/m1/s1. The Morgan fingerprint density at radius 3 is 2.69 bits per heavy atom. The molecule has 2 aromatic carbocycles. The Labute approximate surface area is 246 Å². The second-order valence-corrected chi connectivity index (χ2v) is 12.1. The van der Waals surface area contributed by atoms with Crippen LogP contribution in [0.3, 0.4) is 0 Å². The third kappa shape index (κ3) is 5.68. The Morgan fingerprint density at radius 2 is 1.95 bits per heavy atom. The molecule has 1 amide bonds. The molecule has 1 aromatic heterocycles. The summed E-state index contributed by atoms with van der Waals surface area (Å²) in [5, 5.41) is 33.1. The van der Waals surface area contributed by atoms with Crippen molar-refractivity contribution < 1.29 is 29.6 Å². The lowest BCUT2D eigenvalue weighted by Crippen LogP contribution is -2.49. The number of aromatic amines is 1. The fourth-order valence-electron chi connectivity index (χ4n) is 6.11. The van der Waals surface area contributed by atoms with E-state index in [9.17, 15) is 24.9 Å². The zero-order chi connectivity index (χ0) is 30.2. The third-order valence-electron chi connectivity index (χ3n) is 8.70. The van der Waals surface area contributed by atoms with Crippen molar-refractivity contribution >= 4 is 22.8 Å². The molecular weight excluding hydrogens is 532 g/mol. The number of hydrogen-bond donors (Lipinski definition) is 4. The van der Waals surface area contributed by atoms with Gasteiger partial charge in [-0.05, 0) is 71.1 Å². The number of allylic oxidation sites excluding steroid dienone is 4. The summed E-state index contributed by atoms with van der Waals surface area (Å²) < 4.78 is 6.47. The number of rotatable bonds is 10. The van der Waals surface area contributed by atoms with Crippen molar-refractivity contribution in [2.24, 2.45) is 0 Å². The molecule has 3 heterocycles. The summed E-state index contributed by atoms with van der Waals surface area (Å²) in [7, 11) is 0. The van der Waals surface area contributed by atoms with E-state index in [1.54, 1.807) is 6.20 Å². The number of phenols is 1. The number of benzene rings is 2. The van der Waals surface area contributed by atoms with Gasteiger partial charge >= 0.3 is 5.97 Å². The van der Waals surface area contributed by atoms with Gasteiger partial charge in [-0.1, -0.05) is 41.5 Å². The molecule has 4 N–H and O–H groups in total. The SMILES string of the molecule is CC(C)=CCC/C(C)=C/CC[C@@]1(C)Oc2c(c(O)cc3c2CN([C@H](Cc2c[nH]c4ccccc24)C(=O)O)C3=O)C[C@@H]1O. The van der Waals surface area contributed by atoms with Crippen molar-refractivity contribution in [3.63, 3.8) is 0 Å². The minimum Gasteiger partial charge on any atom is -0.508 e. The summed E-state index contributed by atoms with van der Waals surface area (Å²) in [6, 6.07) is 7.92. The zero-order valence-electron chi connectivity index (χ0n) is 24.7. The number of ether oxygens (including phenoxy) is 1. The van der Waals surface area contributed by atoms with E-state index in [-0.39, 0.29) is 30.7 Å². The quantitative estimate of drug-likeness (QED) is 0.219. The minimum absolute atomic E-state index is 0.0473. The molecule has 8 nitrogen and oxygen atoms in total. The highest BCUT2D eigenvalue weighted by Crippen LogP contribution is 2.46. The molecular formula is C34H40N2O6. The normalized spacial score (nSPS) is 20.7. The molecule has 2 aliphatic rings. The molecule has 222 valence electrons. The number of aliphatic hydroxyl groups is 1. The third-order valence-corrected chi connectivity index (χ3v) is 8.70. The molecule has 3 atom stereocenters. The second kappa shape index (κ2) is 11.7. The highest BCUT2D eigenvalue weighted by atomic mass is 16.5. The van der Waals surface area contributed by atoms with E-state index in [4.69, 9.17) is 4.74 Å². The van der Waals surface area contributed by atoms with Crippen LogP contribution in [0, 0.1) is 0 Å². The molecule has 0 aliphatic carbocycles. The Hall–Kier alpha value is -4.04. The molecule has 0 unspecified atom stereocenters. The molecule has 0 bridgehead atoms. The van der Waals surface area contributed by atoms with Crippen LogP contribution in [-0.4, -0.2) is 54.8 Å². The molecule has 0 spiro atoms. The van der Waals surface area contributed by atoms with Crippen LogP contribution in [0.2, 0.25) is 0 Å². The minimum atomic E-state index is -1.11. The van der Waals surface area contributed by atoms with Gasteiger partial charge in [0.05, 0.1) is 18.2 Å². The lowest BCUT2D eigenvalue weighted by molar-refractivity contribution is -0.142. The number of aromatic hydroxyl groups is 1. The second-order valence-electron chi connectivity index (χ2n) is 12.1. The number of aliphatic carboxylic acids is 1. The lowest BCUT2D eigenvalue weighted by Gasteiger charge is -2.41. The van der Waals surface area contributed by atoms with Crippen molar-refractivity contribution in [1.82, 2.24) is 9.88 Å². The van der Waals surface area contributed by atoms with Crippen molar-refractivity contribution in [3.05, 3.63) is 82.1 Å². The fourth-order valence-corrected chi connectivity index (χ4v) is 6.11. The monoisotopic (exact) mass is 572 g/mol. The highest BCUT2D eigenvalue weighted by molar-refractivity contribution is 6.02. The maximum absolute atomic E-state index is 13.6. The molecule has 3 aromatic rings. The van der Waals surface area contributed by atoms with E-state index < -0.39 is 29.6 Å². The van der Waals surface area contributed by atoms with Gasteiger partial charge in [-0.2, -0.15) is 0 Å². The van der Waals surface area contributed by atoms with Crippen LogP contribution in [0.1, 0.15) is 80.4 Å². The first kappa shape index (κ1) is 29.5. The molecule has 42 heavy (non-hydrogen) atoms. The smallest absolute Gasteiger partial charge is 0.326 e. The molecule has 0 saturated heterocycles. The molecule has 5 rings (SSSR count). The summed E-state index contributed by atoms with van der Waals surface area (Å²) in [5.74, 6) is -1.30. The van der Waals surface area contributed by atoms with Crippen molar-refractivity contribution in [3.8, 4) is 11.5 Å². The number of para-hydroxylation sites is 1. The van der Waals surface area contributed by atoms with E-state index in [0.29, 0.717) is 29.7 Å². The van der Waals surface area contributed by atoms with Crippen LogP contribution in [-0.2, 0) is 24.2 Å². The summed E-state index contributed by atoms with van der Waals surface area (Å²) in [4.78, 5) is 30.6. The zero-order valence-corrected chi connectivity index (χ0v) is 24.7. The van der Waals surface area contributed by atoms with Crippen molar-refractivity contribution in [1.29, 1.82) is 0 Å². The average molecular weight is 573 g/mol. The molecule has 0 radical (unpaired) electrons. The number of carbonyl (C=O) groups is 2. The van der Waals surface area contributed by atoms with E-state index in [1.807, 2.05) is 31.2 Å². The van der Waals surface area contributed by atoms with E-state index >= 15 is 0 Å². The number of fused-ring (bicyclic) bond motifs is 4. The van der Waals surface area contributed by atoms with Crippen LogP contribution in [0.5, 0.6) is 11.5 Å². The molecule has 8 heteroatoms. The fraction of sp³-hybridized carbons (Fsp3) is 0.412. The van der Waals surface area contributed by atoms with Gasteiger partial charge in [-0.3, -0.25) is 4.79 Å². The van der Waals surface area contributed by atoms with E-state index in [2.05, 4.69) is 37.9 Å². The van der Waals surface area contributed by atoms with Gasteiger partial charge in [0.15, 0.2) is 0 Å². The number of carbonyl (C=O) groups excluding carboxylic acids is 1. The van der Waals surface area contributed by atoms with Gasteiger partial charge < -0.3 is 29.9 Å². The topological polar surface area (TPSA) is 123 Å². The summed E-state index contributed by atoms with van der Waals surface area (Å²) in [6.07, 6.45) is 8.86. The predicted molar refractivity (Wildman–Crippen MR) is 162 cm³/mol. The van der Waals surface area contributed by atoms with Gasteiger partial charge in [-0.25, -0.2) is 4.79 Å². The van der Waals surface area contributed by atoms with Crippen molar-refractivity contribution in [2.75, 3.05) is 0 Å². The van der Waals surface area contributed by atoms with Crippen LogP contribution < -0.4 is 4.74 Å².